The average molecular weight is 1780 g/mol. The minimum absolute atomic E-state index is 0.313. The van der Waals surface area contributed by atoms with Gasteiger partial charge in [0.05, 0.1) is 33.4 Å². The van der Waals surface area contributed by atoms with E-state index in [9.17, 15) is 16.4 Å². The summed E-state index contributed by atoms with van der Waals surface area (Å²) < 4.78 is 128. The highest BCUT2D eigenvalue weighted by molar-refractivity contribution is 7.00. The zero-order valence-electron chi connectivity index (χ0n) is 98.7. The molecule has 0 aliphatic carbocycles. The summed E-state index contributed by atoms with van der Waals surface area (Å²) in [4.78, 5) is 5.04. The molecule has 692 valence electrons. The van der Waals surface area contributed by atoms with Gasteiger partial charge in [-0.1, -0.05) is 362 Å². The minimum atomic E-state index is -1.97. The molecule has 4 nitrogen and oxygen atoms in total. The number of rotatable bonds is 15. The Labute approximate surface area is 823 Å². The number of hydrogen-bond donors (Lipinski definition) is 0. The van der Waals surface area contributed by atoms with Gasteiger partial charge in [-0.3, -0.25) is 0 Å². The topological polar surface area (TPSA) is 16.3 Å². The molecule has 2 aliphatic rings. The van der Waals surface area contributed by atoms with Crippen LogP contribution in [0.25, 0.3) is 99.5 Å². The SMILES string of the molecule is [2H]C([2H])(c1ccc2c(c1)c1cc(C([2H])([2H])C(C)(C)C)ccc1n2-c1ccc2c(c1)N(c1cc(-c3cccc(C(C)(C)C)c3)c(C([2H])([2H])C(C)(C)C)cc1-c1cccc(C(C)(C)C)c1)c1cc(CC(C)(C)C)cc3c1B2c1ccc(-n2c4ccc(C([2H])([2H])C(C)(C)C)cc4c4cc(C([2H])([2H])C(C)(C)C)ccc42)cc1N3c1cc(-c2cccc(C(C)(C)C)c2)c(C([2H])([2H])C(C)(C)C)cc1-c1cccc(C(C)(C)C)c1)C(C)(C)C. The molecule has 2 aromatic heterocycles. The van der Waals surface area contributed by atoms with Gasteiger partial charge in [-0.2, -0.15) is 0 Å². The lowest BCUT2D eigenvalue weighted by molar-refractivity contribution is 0.411. The first kappa shape index (κ1) is 80.4. The fourth-order valence-corrected chi connectivity index (χ4v) is 20.3. The normalized spacial score (nSPS) is 15.8. The summed E-state index contributed by atoms with van der Waals surface area (Å²) in [6, 6.07) is 86.8. The van der Waals surface area contributed by atoms with E-state index in [0.717, 1.165) is 178 Å². The van der Waals surface area contributed by atoms with Gasteiger partial charge < -0.3 is 18.9 Å². The predicted octanol–water partition coefficient (Wildman–Crippen LogP) is 34.9. The minimum Gasteiger partial charge on any atom is -0.311 e. The molecule has 13 aromatic carbocycles. The van der Waals surface area contributed by atoms with Gasteiger partial charge in [0.15, 0.2) is 0 Å². The van der Waals surface area contributed by atoms with Crippen molar-refractivity contribution in [3.8, 4) is 55.9 Å². The fraction of sp³-hybridized carbons (Fsp3) is 0.395. The maximum atomic E-state index is 10.9. The van der Waals surface area contributed by atoms with Crippen LogP contribution in [0.2, 0.25) is 0 Å². The van der Waals surface area contributed by atoms with Crippen molar-refractivity contribution in [3.05, 3.63) is 304 Å². The van der Waals surface area contributed by atoms with Crippen LogP contribution in [-0.2, 0) is 66.3 Å². The number of benzene rings is 13. The van der Waals surface area contributed by atoms with Crippen LogP contribution >= 0.6 is 0 Å². The summed E-state index contributed by atoms with van der Waals surface area (Å²) in [5.41, 5.74) is 21.0. The van der Waals surface area contributed by atoms with Crippen LogP contribution in [0.4, 0.5) is 34.1 Å². The van der Waals surface area contributed by atoms with Gasteiger partial charge >= 0.3 is 0 Å². The quantitative estimate of drug-likeness (QED) is 0.0951. The lowest BCUT2D eigenvalue weighted by atomic mass is 9.33. The summed E-state index contributed by atoms with van der Waals surface area (Å²) in [6.45, 7) is 68.4. The maximum absolute atomic E-state index is 10.9. The van der Waals surface area contributed by atoms with Gasteiger partial charge in [-0.05, 0) is 324 Å². The first-order valence-corrected chi connectivity index (χ1v) is 48.9. The molecule has 15 aromatic rings. The van der Waals surface area contributed by atoms with Crippen LogP contribution in [0.3, 0.4) is 0 Å². The molecule has 0 atom stereocenters. The Morgan fingerprint density at radius 1 is 0.231 bits per heavy atom. The zero-order chi connectivity index (χ0) is 107. The van der Waals surface area contributed by atoms with E-state index in [4.69, 9.17) is 0 Å². The third kappa shape index (κ3) is 19.7. The second-order valence-electron chi connectivity index (χ2n) is 50.4. The van der Waals surface area contributed by atoms with Crippen molar-refractivity contribution in [2.24, 2.45) is 37.9 Å². The van der Waals surface area contributed by atoms with Gasteiger partial charge in [-0.15, -0.1) is 0 Å². The summed E-state index contributed by atoms with van der Waals surface area (Å²) in [6.07, 6.45) is -10.6. The highest BCUT2D eigenvalue weighted by Gasteiger charge is 2.46. The molecule has 0 spiro atoms. The third-order valence-corrected chi connectivity index (χ3v) is 25.9. The van der Waals surface area contributed by atoms with Crippen LogP contribution in [0.1, 0.15) is 306 Å². The molecule has 0 fully saturated rings. The maximum Gasteiger partial charge on any atom is 0.252 e. The number of anilines is 6. The molecule has 0 radical (unpaired) electrons. The van der Waals surface area contributed by atoms with Crippen molar-refractivity contribution in [3.63, 3.8) is 0 Å². The number of fused-ring (bicyclic) bond motifs is 10. The molecule has 2 aliphatic heterocycles. The van der Waals surface area contributed by atoms with Crippen LogP contribution in [0.5, 0.6) is 0 Å². The number of aromatic nitrogens is 2. The van der Waals surface area contributed by atoms with Crippen molar-refractivity contribution < 1.29 is 16.4 Å². The molecule has 0 amide bonds. The van der Waals surface area contributed by atoms with Crippen molar-refractivity contribution in [2.45, 2.75) is 295 Å². The first-order chi connectivity index (χ1) is 66.9. The lowest BCUT2D eigenvalue weighted by Gasteiger charge is -2.46. The third-order valence-electron chi connectivity index (χ3n) is 25.9. The second kappa shape index (κ2) is 33.5. The van der Waals surface area contributed by atoms with E-state index in [1.165, 1.54) is 0 Å². The Morgan fingerprint density at radius 2 is 0.507 bits per heavy atom. The van der Waals surface area contributed by atoms with Crippen LogP contribution in [0, 0.1) is 37.9 Å². The Bertz CT molecular complexity index is 7140. The van der Waals surface area contributed by atoms with Gasteiger partial charge in [0.2, 0.25) is 0 Å². The summed E-state index contributed by atoms with van der Waals surface area (Å²) in [5, 5.41) is 3.09. The van der Waals surface area contributed by atoms with E-state index in [2.05, 4.69) is 317 Å². The molecule has 134 heavy (non-hydrogen) atoms. The molecule has 4 heterocycles. The highest BCUT2D eigenvalue weighted by Crippen LogP contribution is 2.55. The van der Waals surface area contributed by atoms with Crippen LogP contribution in [-0.4, -0.2) is 15.8 Å². The molecular weight excluding hydrogens is 1620 g/mol. The molecule has 0 unspecified atom stereocenters. The first-order valence-electron chi connectivity index (χ1n) is 54.9. The standard InChI is InChI=1S/C129H153BN4/c1-119(2,3)74-81-46-54-108-102(58-81)103-59-82(75-120(4,5)6)47-55-109(103)131(108)96-50-52-106-114(70-96)133(112-72-98(86-38-34-42-92(64-86)126(22,23)24)90(79-124(16,17)18)68-100(112)88-40-36-44-94(66-88)128(28,29)30)116-62-85(78-123(13,14)15)63-117-118(116)130(106)107-53-51-97(132-110-56-48-83(76-121(7,8)9)60-104(110)105-61-84(49-57-111(105)132)77-122(10,11)12)71-115(107)134(117)113-73-99(87-39-35-43-93(65-87)127(25,26)27)91(80-125(19,20)21)69-101(113)89-41-37-45-95(67-89)129(31,32)33/h34-73H,74-80H2,1-33H3/i74D2,75D2,76D2,77D2,79D2,80D2. The molecule has 0 N–H and O–H groups in total. The van der Waals surface area contributed by atoms with Gasteiger partial charge in [-0.25, -0.2) is 0 Å². The van der Waals surface area contributed by atoms with Gasteiger partial charge in [0.25, 0.3) is 6.71 Å². The Hall–Kier alpha value is -10.9. The van der Waals surface area contributed by atoms with Crippen molar-refractivity contribution >= 4 is 101 Å². The highest BCUT2D eigenvalue weighted by atomic mass is 15.2. The van der Waals surface area contributed by atoms with Crippen molar-refractivity contribution in [1.29, 1.82) is 0 Å². The summed E-state index contributed by atoms with van der Waals surface area (Å²) in [7, 11) is 0. The van der Waals surface area contributed by atoms with Crippen molar-refractivity contribution in [2.75, 3.05) is 9.80 Å². The molecule has 0 saturated carbocycles. The van der Waals surface area contributed by atoms with Crippen molar-refractivity contribution in [1.82, 2.24) is 9.13 Å². The Balaban J connectivity index is 1.12. The molecule has 0 saturated heterocycles. The largest absolute Gasteiger partial charge is 0.311 e. The fourth-order valence-electron chi connectivity index (χ4n) is 20.3. The van der Waals surface area contributed by atoms with Gasteiger partial charge in [0.1, 0.15) is 0 Å². The summed E-state index contributed by atoms with van der Waals surface area (Å²) >= 11 is 0. The molecule has 17 rings (SSSR count). The Morgan fingerprint density at radius 3 is 0.769 bits per heavy atom. The number of hydrogen-bond acceptors (Lipinski definition) is 2. The van der Waals surface area contributed by atoms with E-state index in [1.807, 2.05) is 173 Å². The zero-order valence-corrected chi connectivity index (χ0v) is 86.7. The Kier molecular flexibility index (Phi) is 20.1. The second-order valence-corrected chi connectivity index (χ2v) is 50.4. The lowest BCUT2D eigenvalue weighted by Crippen LogP contribution is -2.61. The predicted molar refractivity (Wildman–Crippen MR) is 588 cm³/mol. The average Bonchev–Trinajstić information content (AvgIpc) is 0.795. The molecular formula is C129H153BN4. The van der Waals surface area contributed by atoms with E-state index in [-0.39, 0.29) is 27.1 Å². The van der Waals surface area contributed by atoms with Crippen LogP contribution < -0.4 is 26.2 Å². The monoisotopic (exact) mass is 1780 g/mol. The van der Waals surface area contributed by atoms with E-state index < -0.39 is 77.4 Å². The van der Waals surface area contributed by atoms with Gasteiger partial charge in [0, 0.05) is 83.2 Å². The molecule has 0 bridgehead atoms. The number of nitrogens with zero attached hydrogens (tertiary/aromatic N) is 4. The van der Waals surface area contributed by atoms with E-state index in [0.29, 0.717) is 39.8 Å². The smallest absolute Gasteiger partial charge is 0.252 e. The molecule has 5 heteroatoms. The van der Waals surface area contributed by atoms with E-state index >= 15 is 0 Å². The van der Waals surface area contributed by atoms with E-state index in [1.54, 1.807) is 0 Å². The summed E-state index contributed by atoms with van der Waals surface area (Å²) in [5.74, 6) is 0. The van der Waals surface area contributed by atoms with Crippen LogP contribution in [0.15, 0.2) is 243 Å².